The molecule has 4 rings (SSSR count). The van der Waals surface area contributed by atoms with E-state index in [1.807, 2.05) is 36.4 Å². The van der Waals surface area contributed by atoms with Crippen LogP contribution in [0.1, 0.15) is 30.1 Å². The van der Waals surface area contributed by atoms with Crippen LogP contribution in [-0.4, -0.2) is 41.5 Å². The van der Waals surface area contributed by atoms with Gasteiger partial charge in [0.1, 0.15) is 5.01 Å². The molecule has 3 aromatic rings. The molecule has 1 saturated heterocycles. The molecular formula is C22H22N2O3S. The Bertz CT molecular complexity index is 981. The number of likely N-dealkylation sites (tertiary alicyclic amines) is 1. The summed E-state index contributed by atoms with van der Waals surface area (Å²) < 4.78 is 6.43. The minimum absolute atomic E-state index is 0.127. The van der Waals surface area contributed by atoms with Crippen LogP contribution < -0.4 is 0 Å². The van der Waals surface area contributed by atoms with Crippen LogP contribution in [0, 0.1) is 5.92 Å². The second kappa shape index (κ2) is 8.10. The molecule has 1 unspecified atom stereocenters. The van der Waals surface area contributed by atoms with Crippen molar-refractivity contribution in [2.24, 2.45) is 5.92 Å². The van der Waals surface area contributed by atoms with Gasteiger partial charge in [0.05, 0.1) is 15.8 Å². The second-order valence-corrected chi connectivity index (χ2v) is 8.23. The third kappa shape index (κ3) is 3.92. The van der Waals surface area contributed by atoms with Crippen molar-refractivity contribution >= 4 is 33.4 Å². The Morgan fingerprint density at radius 3 is 2.79 bits per heavy atom. The second-order valence-electron chi connectivity index (χ2n) is 7.20. The number of thiazole rings is 1. The maximum Gasteiger partial charge on any atom is 0.339 e. The van der Waals surface area contributed by atoms with Crippen molar-refractivity contribution < 1.29 is 14.3 Å². The number of carbonyl (C=O) groups is 2. The maximum absolute atomic E-state index is 12.7. The van der Waals surface area contributed by atoms with Crippen LogP contribution in [-0.2, 0) is 9.53 Å². The largest absolute Gasteiger partial charge is 0.452 e. The minimum Gasteiger partial charge on any atom is -0.452 e. The van der Waals surface area contributed by atoms with Crippen LogP contribution >= 0.6 is 11.3 Å². The van der Waals surface area contributed by atoms with Crippen LogP contribution in [0.5, 0.6) is 0 Å². The number of carbonyl (C=O) groups excluding carboxylic acids is 2. The predicted octanol–water partition coefficient (Wildman–Crippen LogP) is 4.38. The van der Waals surface area contributed by atoms with E-state index in [0.717, 1.165) is 46.7 Å². The fourth-order valence-electron chi connectivity index (χ4n) is 3.55. The van der Waals surface area contributed by atoms with Gasteiger partial charge >= 0.3 is 5.97 Å². The average molecular weight is 394 g/mol. The lowest BCUT2D eigenvalue weighted by Crippen LogP contribution is -2.41. The Morgan fingerprint density at radius 1 is 1.18 bits per heavy atom. The van der Waals surface area contributed by atoms with Crippen LogP contribution in [0.4, 0.5) is 0 Å². The number of ether oxygens (including phenoxy) is 1. The molecule has 144 valence electrons. The van der Waals surface area contributed by atoms with Gasteiger partial charge in [0.15, 0.2) is 6.61 Å². The first kappa shape index (κ1) is 18.6. The first-order valence-corrected chi connectivity index (χ1v) is 10.3. The summed E-state index contributed by atoms with van der Waals surface area (Å²) in [4.78, 5) is 31.5. The van der Waals surface area contributed by atoms with E-state index in [0.29, 0.717) is 11.5 Å². The van der Waals surface area contributed by atoms with Crippen LogP contribution in [0.2, 0.25) is 0 Å². The normalized spacial score (nSPS) is 16.9. The van der Waals surface area contributed by atoms with Gasteiger partial charge in [0.2, 0.25) is 0 Å². The Balaban J connectivity index is 1.50. The molecule has 0 saturated carbocycles. The van der Waals surface area contributed by atoms with Gasteiger partial charge in [0.25, 0.3) is 5.91 Å². The fourth-order valence-corrected chi connectivity index (χ4v) is 4.55. The third-order valence-corrected chi connectivity index (χ3v) is 6.08. The smallest absolute Gasteiger partial charge is 0.339 e. The van der Waals surface area contributed by atoms with Crippen molar-refractivity contribution in [1.82, 2.24) is 9.88 Å². The topological polar surface area (TPSA) is 59.5 Å². The molecule has 0 aliphatic carbocycles. The molecule has 5 nitrogen and oxygen atoms in total. The maximum atomic E-state index is 12.7. The zero-order chi connectivity index (χ0) is 19.5. The van der Waals surface area contributed by atoms with Crippen molar-refractivity contribution in [3.8, 4) is 10.6 Å². The molecule has 2 aromatic carbocycles. The van der Waals surface area contributed by atoms with E-state index in [-0.39, 0.29) is 12.5 Å². The SMILES string of the molecule is CC1CCCN(C(=O)COC(=O)c2ccccc2-c2nc3ccccc3s2)C1. The summed E-state index contributed by atoms with van der Waals surface area (Å²) in [6.07, 6.45) is 2.14. The summed E-state index contributed by atoms with van der Waals surface area (Å²) in [6.45, 7) is 3.39. The summed E-state index contributed by atoms with van der Waals surface area (Å²) in [5.41, 5.74) is 2.06. The molecule has 1 aliphatic rings. The van der Waals surface area contributed by atoms with Crippen molar-refractivity contribution in [2.45, 2.75) is 19.8 Å². The molecular weight excluding hydrogens is 372 g/mol. The van der Waals surface area contributed by atoms with Gasteiger partial charge in [-0.15, -0.1) is 11.3 Å². The highest BCUT2D eigenvalue weighted by atomic mass is 32.1. The highest BCUT2D eigenvalue weighted by Gasteiger charge is 2.23. The standard InChI is InChI=1S/C22H22N2O3S/c1-15-7-6-12-24(13-15)20(25)14-27-22(26)17-9-3-2-8-16(17)21-23-18-10-4-5-11-19(18)28-21/h2-5,8-11,15H,6-7,12-14H2,1H3. The Kier molecular flexibility index (Phi) is 5.39. The van der Waals surface area contributed by atoms with Gasteiger partial charge in [-0.05, 0) is 37.0 Å². The molecule has 2 heterocycles. The lowest BCUT2D eigenvalue weighted by molar-refractivity contribution is -0.136. The van der Waals surface area contributed by atoms with E-state index in [9.17, 15) is 9.59 Å². The Labute approximate surface area is 168 Å². The van der Waals surface area contributed by atoms with Gasteiger partial charge in [-0.3, -0.25) is 4.79 Å². The zero-order valence-corrected chi connectivity index (χ0v) is 16.6. The first-order valence-electron chi connectivity index (χ1n) is 9.51. The Hall–Kier alpha value is -2.73. The van der Waals surface area contributed by atoms with Crippen molar-refractivity contribution in [2.75, 3.05) is 19.7 Å². The molecule has 0 N–H and O–H groups in total. The van der Waals surface area contributed by atoms with Crippen LogP contribution in [0.15, 0.2) is 48.5 Å². The Morgan fingerprint density at radius 2 is 1.96 bits per heavy atom. The lowest BCUT2D eigenvalue weighted by atomic mass is 10.0. The monoisotopic (exact) mass is 394 g/mol. The number of benzene rings is 2. The van der Waals surface area contributed by atoms with Gasteiger partial charge < -0.3 is 9.64 Å². The summed E-state index contributed by atoms with van der Waals surface area (Å²) in [5, 5.41) is 0.768. The van der Waals surface area contributed by atoms with Gasteiger partial charge in [0, 0.05) is 18.7 Å². The highest BCUT2D eigenvalue weighted by molar-refractivity contribution is 7.21. The minimum atomic E-state index is -0.492. The molecule has 28 heavy (non-hydrogen) atoms. The number of piperidine rings is 1. The van der Waals surface area contributed by atoms with Crippen molar-refractivity contribution in [1.29, 1.82) is 0 Å². The predicted molar refractivity (Wildman–Crippen MR) is 110 cm³/mol. The van der Waals surface area contributed by atoms with E-state index in [2.05, 4.69) is 11.9 Å². The average Bonchev–Trinajstić information content (AvgIpc) is 3.16. The molecule has 1 aromatic heterocycles. The highest BCUT2D eigenvalue weighted by Crippen LogP contribution is 2.32. The number of para-hydroxylation sites is 1. The quantitative estimate of drug-likeness (QED) is 0.616. The van der Waals surface area contributed by atoms with E-state index in [1.165, 1.54) is 11.3 Å². The summed E-state index contributed by atoms with van der Waals surface area (Å²) in [7, 11) is 0. The van der Waals surface area contributed by atoms with E-state index < -0.39 is 5.97 Å². The van der Waals surface area contributed by atoms with E-state index >= 15 is 0 Å². The number of nitrogens with zero attached hydrogens (tertiary/aromatic N) is 2. The summed E-state index contributed by atoms with van der Waals surface area (Å²) >= 11 is 1.54. The summed E-state index contributed by atoms with van der Waals surface area (Å²) in [6, 6.07) is 15.1. The lowest BCUT2D eigenvalue weighted by Gasteiger charge is -2.30. The molecule has 0 bridgehead atoms. The van der Waals surface area contributed by atoms with Crippen LogP contribution in [0.3, 0.4) is 0 Å². The number of amides is 1. The molecule has 0 spiro atoms. The molecule has 1 atom stereocenters. The van der Waals surface area contributed by atoms with Crippen molar-refractivity contribution in [3.05, 3.63) is 54.1 Å². The first-order chi connectivity index (χ1) is 13.6. The number of hydrogen-bond acceptors (Lipinski definition) is 5. The molecule has 1 aliphatic heterocycles. The number of hydrogen-bond donors (Lipinski definition) is 0. The number of rotatable bonds is 4. The van der Waals surface area contributed by atoms with Gasteiger partial charge in [-0.25, -0.2) is 9.78 Å². The molecule has 1 fully saturated rings. The molecule has 6 heteroatoms. The number of aromatic nitrogens is 1. The zero-order valence-electron chi connectivity index (χ0n) is 15.8. The molecule has 0 radical (unpaired) electrons. The van der Waals surface area contributed by atoms with Crippen LogP contribution in [0.25, 0.3) is 20.8 Å². The number of esters is 1. The third-order valence-electron chi connectivity index (χ3n) is 5.01. The molecule has 1 amide bonds. The fraction of sp³-hybridized carbons (Fsp3) is 0.318. The van der Waals surface area contributed by atoms with E-state index in [1.54, 1.807) is 17.0 Å². The van der Waals surface area contributed by atoms with Gasteiger partial charge in [-0.2, -0.15) is 0 Å². The van der Waals surface area contributed by atoms with Crippen molar-refractivity contribution in [3.63, 3.8) is 0 Å². The van der Waals surface area contributed by atoms with E-state index in [4.69, 9.17) is 4.74 Å². The van der Waals surface area contributed by atoms with Gasteiger partial charge in [-0.1, -0.05) is 37.3 Å². The number of fused-ring (bicyclic) bond motifs is 1. The summed E-state index contributed by atoms with van der Waals surface area (Å²) in [5.74, 6) is -0.126.